The van der Waals surface area contributed by atoms with Crippen LogP contribution in [0.5, 0.6) is 5.75 Å². The maximum atomic E-state index is 9.03. The van der Waals surface area contributed by atoms with E-state index in [0.717, 1.165) is 12.5 Å². The highest BCUT2D eigenvalue weighted by Gasteiger charge is 1.92. The van der Waals surface area contributed by atoms with Crippen molar-refractivity contribution in [3.8, 4) is 5.75 Å². The van der Waals surface area contributed by atoms with Crippen LogP contribution in [0.3, 0.4) is 0 Å². The molecule has 0 amide bonds. The Balaban J connectivity index is 0.000000310. The maximum absolute atomic E-state index is 9.03. The summed E-state index contributed by atoms with van der Waals surface area (Å²) in [6, 6.07) is 7.05. The molecule has 1 aromatic carbocycles. The van der Waals surface area contributed by atoms with Gasteiger partial charge in [-0.1, -0.05) is 18.2 Å². The van der Waals surface area contributed by atoms with E-state index in [-0.39, 0.29) is 5.75 Å². The number of aliphatic carboxylic acids is 1. The molecule has 0 aromatic heterocycles. The Hall–Kier alpha value is -1.55. The van der Waals surface area contributed by atoms with Crippen LogP contribution < -0.4 is 5.73 Å². The normalized spacial score (nSPS) is 8.46. The molecule has 0 bridgehead atoms. The number of benzene rings is 1. The van der Waals surface area contributed by atoms with E-state index in [1.165, 1.54) is 0 Å². The molecule has 0 spiro atoms. The first-order valence-corrected chi connectivity index (χ1v) is 3.74. The van der Waals surface area contributed by atoms with E-state index >= 15 is 0 Å². The number of hydrogen-bond donors (Lipinski definition) is 3. The summed E-state index contributed by atoms with van der Waals surface area (Å²) in [5.74, 6) is -0.556. The van der Waals surface area contributed by atoms with Gasteiger partial charge in [0.2, 0.25) is 0 Å². The molecule has 0 aliphatic heterocycles. The van der Waals surface area contributed by atoms with Gasteiger partial charge in [-0.3, -0.25) is 4.79 Å². The number of phenolic OH excluding ortho intramolecular Hbond substituents is 1. The van der Waals surface area contributed by atoms with Gasteiger partial charge < -0.3 is 15.9 Å². The number of phenols is 1. The van der Waals surface area contributed by atoms with Gasteiger partial charge in [-0.25, -0.2) is 0 Å². The van der Waals surface area contributed by atoms with E-state index in [1.54, 1.807) is 18.2 Å². The molecule has 0 aliphatic carbocycles. The lowest BCUT2D eigenvalue weighted by Crippen LogP contribution is -1.95. The van der Waals surface area contributed by atoms with Gasteiger partial charge in [0.15, 0.2) is 0 Å². The van der Waals surface area contributed by atoms with Crippen LogP contribution in [0.4, 0.5) is 0 Å². The Morgan fingerprint density at radius 2 is 1.92 bits per heavy atom. The molecule has 0 saturated heterocycles. The highest BCUT2D eigenvalue weighted by atomic mass is 16.4. The predicted octanol–water partition coefficient (Wildman–Crippen LogP) is 0.942. The molecule has 0 fully saturated rings. The minimum absolute atomic E-state index is 0.278. The molecule has 0 unspecified atom stereocenters. The van der Waals surface area contributed by atoms with Crippen LogP contribution in [0.1, 0.15) is 12.5 Å². The number of carbonyl (C=O) groups is 1. The van der Waals surface area contributed by atoms with E-state index in [9.17, 15) is 0 Å². The van der Waals surface area contributed by atoms with Gasteiger partial charge in [0.05, 0.1) is 0 Å². The molecule has 0 heterocycles. The van der Waals surface area contributed by atoms with Crippen molar-refractivity contribution in [3.63, 3.8) is 0 Å². The highest BCUT2D eigenvalue weighted by Crippen LogP contribution is 2.13. The van der Waals surface area contributed by atoms with Crippen molar-refractivity contribution in [1.82, 2.24) is 0 Å². The standard InChI is InChI=1S/C7H9NO.C2H4O2/c8-5-6-3-1-2-4-7(6)9;1-2(3)4/h1-4,9H,5,8H2;1H3,(H,3,4). The summed E-state index contributed by atoms with van der Waals surface area (Å²) in [6.07, 6.45) is 0. The van der Waals surface area contributed by atoms with E-state index in [1.807, 2.05) is 6.07 Å². The summed E-state index contributed by atoms with van der Waals surface area (Å²) in [5.41, 5.74) is 6.08. The van der Waals surface area contributed by atoms with Crippen LogP contribution in [0.2, 0.25) is 0 Å². The Labute approximate surface area is 76.6 Å². The molecule has 4 N–H and O–H groups in total. The number of para-hydroxylation sites is 1. The molecule has 4 nitrogen and oxygen atoms in total. The molecule has 72 valence electrons. The molecular formula is C9H13NO3. The van der Waals surface area contributed by atoms with Crippen LogP contribution in [-0.4, -0.2) is 16.2 Å². The fourth-order valence-electron chi connectivity index (χ4n) is 0.683. The number of hydrogen-bond acceptors (Lipinski definition) is 3. The van der Waals surface area contributed by atoms with Crippen LogP contribution in [0.15, 0.2) is 24.3 Å². The Bertz CT molecular complexity index is 269. The van der Waals surface area contributed by atoms with E-state index in [0.29, 0.717) is 6.54 Å². The van der Waals surface area contributed by atoms with Gasteiger partial charge in [0.25, 0.3) is 5.97 Å². The third kappa shape index (κ3) is 5.69. The summed E-state index contributed by atoms with van der Waals surface area (Å²) in [6.45, 7) is 1.48. The fourth-order valence-corrected chi connectivity index (χ4v) is 0.683. The van der Waals surface area contributed by atoms with Crippen molar-refractivity contribution in [2.75, 3.05) is 0 Å². The average Bonchev–Trinajstić information content (AvgIpc) is 2.04. The van der Waals surface area contributed by atoms with Gasteiger partial charge in [0, 0.05) is 19.0 Å². The third-order valence-electron chi connectivity index (χ3n) is 1.21. The quantitative estimate of drug-likeness (QED) is 0.605. The van der Waals surface area contributed by atoms with Crippen molar-refractivity contribution in [1.29, 1.82) is 0 Å². The predicted molar refractivity (Wildman–Crippen MR) is 49.3 cm³/mol. The van der Waals surface area contributed by atoms with Crippen LogP contribution in [-0.2, 0) is 11.3 Å². The van der Waals surface area contributed by atoms with Crippen LogP contribution in [0.25, 0.3) is 0 Å². The van der Waals surface area contributed by atoms with Crippen LogP contribution >= 0.6 is 0 Å². The second-order valence-electron chi connectivity index (χ2n) is 2.35. The minimum atomic E-state index is -0.833. The zero-order chi connectivity index (χ0) is 10.3. The largest absolute Gasteiger partial charge is 0.508 e. The molecule has 0 atom stereocenters. The molecule has 4 heteroatoms. The molecule has 0 aliphatic rings. The number of aromatic hydroxyl groups is 1. The van der Waals surface area contributed by atoms with Crippen molar-refractivity contribution >= 4 is 5.97 Å². The second kappa shape index (κ2) is 6.02. The smallest absolute Gasteiger partial charge is 0.300 e. The van der Waals surface area contributed by atoms with Gasteiger partial charge in [-0.15, -0.1) is 0 Å². The summed E-state index contributed by atoms with van der Waals surface area (Å²) in [7, 11) is 0. The highest BCUT2D eigenvalue weighted by molar-refractivity contribution is 5.62. The molecule has 1 aromatic rings. The van der Waals surface area contributed by atoms with Gasteiger partial charge in [-0.2, -0.15) is 0 Å². The van der Waals surface area contributed by atoms with Crippen LogP contribution in [0, 0.1) is 0 Å². The first-order chi connectivity index (χ1) is 6.07. The molecule has 1 rings (SSSR count). The maximum Gasteiger partial charge on any atom is 0.300 e. The van der Waals surface area contributed by atoms with Crippen molar-refractivity contribution in [3.05, 3.63) is 29.8 Å². The Kier molecular flexibility index (Phi) is 5.30. The average molecular weight is 183 g/mol. The molecule has 0 saturated carbocycles. The third-order valence-corrected chi connectivity index (χ3v) is 1.21. The lowest BCUT2D eigenvalue weighted by atomic mass is 10.2. The lowest BCUT2D eigenvalue weighted by molar-refractivity contribution is -0.134. The number of carboxylic acids is 1. The Morgan fingerprint density at radius 1 is 1.46 bits per heavy atom. The Morgan fingerprint density at radius 3 is 2.23 bits per heavy atom. The van der Waals surface area contributed by atoms with Crippen molar-refractivity contribution in [2.24, 2.45) is 5.73 Å². The zero-order valence-corrected chi connectivity index (χ0v) is 7.40. The summed E-state index contributed by atoms with van der Waals surface area (Å²) < 4.78 is 0. The molecule has 0 radical (unpaired) electrons. The number of nitrogens with two attached hydrogens (primary N) is 1. The van der Waals surface area contributed by atoms with Gasteiger partial charge in [-0.05, 0) is 6.07 Å². The first kappa shape index (κ1) is 11.4. The summed E-state index contributed by atoms with van der Waals surface area (Å²) in [5, 5.41) is 16.4. The first-order valence-electron chi connectivity index (χ1n) is 3.74. The van der Waals surface area contributed by atoms with Gasteiger partial charge in [0.1, 0.15) is 5.75 Å². The summed E-state index contributed by atoms with van der Waals surface area (Å²) in [4.78, 5) is 9.00. The number of rotatable bonds is 1. The zero-order valence-electron chi connectivity index (χ0n) is 7.40. The monoisotopic (exact) mass is 183 g/mol. The topological polar surface area (TPSA) is 83.5 Å². The summed E-state index contributed by atoms with van der Waals surface area (Å²) >= 11 is 0. The molecule has 13 heavy (non-hydrogen) atoms. The SMILES string of the molecule is CC(=O)O.NCc1ccccc1O. The fraction of sp³-hybridized carbons (Fsp3) is 0.222. The van der Waals surface area contributed by atoms with E-state index in [2.05, 4.69) is 0 Å². The second-order valence-corrected chi connectivity index (χ2v) is 2.35. The van der Waals surface area contributed by atoms with E-state index < -0.39 is 5.97 Å². The van der Waals surface area contributed by atoms with E-state index in [4.69, 9.17) is 20.7 Å². The lowest BCUT2D eigenvalue weighted by Gasteiger charge is -1.97. The number of carboxylic acid groups (broad SMARTS) is 1. The molecular weight excluding hydrogens is 170 g/mol. The van der Waals surface area contributed by atoms with Crippen molar-refractivity contribution in [2.45, 2.75) is 13.5 Å². The van der Waals surface area contributed by atoms with Gasteiger partial charge >= 0.3 is 0 Å². The van der Waals surface area contributed by atoms with Crippen molar-refractivity contribution < 1.29 is 15.0 Å². The minimum Gasteiger partial charge on any atom is -0.508 e.